The summed E-state index contributed by atoms with van der Waals surface area (Å²) in [4.78, 5) is 10.7. The maximum absolute atomic E-state index is 12.0. The zero-order valence-electron chi connectivity index (χ0n) is 11.0. The number of aromatic carboxylic acids is 1. The van der Waals surface area contributed by atoms with Crippen molar-refractivity contribution in [2.45, 2.75) is 18.7 Å². The Balaban J connectivity index is 2.96. The summed E-state index contributed by atoms with van der Waals surface area (Å²) in [5, 5.41) is 17.9. The van der Waals surface area contributed by atoms with Gasteiger partial charge in [0.15, 0.2) is 0 Å². The van der Waals surface area contributed by atoms with Gasteiger partial charge in [0.25, 0.3) is 0 Å². The first-order valence-electron chi connectivity index (χ1n) is 5.59. The minimum absolute atomic E-state index is 0.0587. The first-order valence-corrected chi connectivity index (χ1v) is 7.07. The lowest BCUT2D eigenvalue weighted by Crippen LogP contribution is -2.35. The molecule has 0 unspecified atom stereocenters. The molecule has 0 aliphatic rings. The Morgan fingerprint density at radius 1 is 1.47 bits per heavy atom. The lowest BCUT2D eigenvalue weighted by atomic mass is 9.96. The van der Waals surface area contributed by atoms with Crippen LogP contribution in [0.1, 0.15) is 24.3 Å². The molecule has 0 amide bonds. The van der Waals surface area contributed by atoms with Crippen LogP contribution < -0.4 is 4.72 Å². The summed E-state index contributed by atoms with van der Waals surface area (Å²) in [6.07, 6.45) is 1.23. The van der Waals surface area contributed by atoms with Crippen LogP contribution in [0.4, 0.5) is 0 Å². The number of aryl methyl sites for hydroxylation is 1. The van der Waals surface area contributed by atoms with Crippen molar-refractivity contribution in [1.29, 1.82) is 0 Å². The van der Waals surface area contributed by atoms with E-state index in [1.54, 1.807) is 13.8 Å². The second-order valence-electron chi connectivity index (χ2n) is 5.12. The van der Waals surface area contributed by atoms with Crippen LogP contribution in [0.3, 0.4) is 0 Å². The Morgan fingerprint density at radius 3 is 2.47 bits per heavy atom. The van der Waals surface area contributed by atoms with E-state index < -0.39 is 21.4 Å². The summed E-state index contributed by atoms with van der Waals surface area (Å²) >= 11 is 0. The molecule has 0 spiro atoms. The van der Waals surface area contributed by atoms with Gasteiger partial charge < -0.3 is 14.8 Å². The summed E-state index contributed by atoms with van der Waals surface area (Å²) in [5.41, 5.74) is -0.695. The number of sulfonamides is 1. The van der Waals surface area contributed by atoms with Crippen LogP contribution in [-0.2, 0) is 17.1 Å². The first-order chi connectivity index (χ1) is 8.59. The van der Waals surface area contributed by atoms with Crippen LogP contribution in [0.15, 0.2) is 17.2 Å². The number of nitrogens with zero attached hydrogens (tertiary/aromatic N) is 1. The number of aromatic nitrogens is 1. The molecule has 0 aromatic carbocycles. The smallest absolute Gasteiger partial charge is 0.352 e. The number of carbonyl (C=O) groups is 1. The third-order valence-corrected chi connectivity index (χ3v) is 4.05. The van der Waals surface area contributed by atoms with Gasteiger partial charge in [0.1, 0.15) is 10.6 Å². The van der Waals surface area contributed by atoms with Gasteiger partial charge in [0.2, 0.25) is 10.0 Å². The van der Waals surface area contributed by atoms with Gasteiger partial charge in [-0.1, -0.05) is 13.8 Å². The monoisotopic (exact) mass is 290 g/mol. The molecule has 1 rings (SSSR count). The Labute approximate surface area is 111 Å². The minimum Gasteiger partial charge on any atom is -0.477 e. The highest BCUT2D eigenvalue weighted by Gasteiger charge is 2.24. The molecule has 7 nitrogen and oxygen atoms in total. The molecule has 0 aliphatic carbocycles. The molecule has 1 aromatic heterocycles. The van der Waals surface area contributed by atoms with E-state index in [0.29, 0.717) is 0 Å². The second-order valence-corrected chi connectivity index (χ2v) is 6.89. The van der Waals surface area contributed by atoms with Crippen molar-refractivity contribution in [3.63, 3.8) is 0 Å². The molecule has 0 saturated heterocycles. The van der Waals surface area contributed by atoms with E-state index in [4.69, 9.17) is 10.2 Å². The first kappa shape index (κ1) is 15.7. The second kappa shape index (κ2) is 5.32. The Kier molecular flexibility index (Phi) is 4.39. The highest BCUT2D eigenvalue weighted by atomic mass is 32.2. The SMILES string of the molecule is Cn1cc(S(=O)(=O)NCC(C)(C)CO)cc1C(=O)O. The average Bonchev–Trinajstić information content (AvgIpc) is 2.70. The van der Waals surface area contributed by atoms with Crippen LogP contribution in [0, 0.1) is 5.41 Å². The maximum atomic E-state index is 12.0. The molecule has 0 bridgehead atoms. The Morgan fingerprint density at radius 2 is 2.05 bits per heavy atom. The molecule has 1 heterocycles. The van der Waals surface area contributed by atoms with E-state index in [2.05, 4.69) is 4.72 Å². The van der Waals surface area contributed by atoms with Crippen molar-refractivity contribution >= 4 is 16.0 Å². The summed E-state index contributed by atoms with van der Waals surface area (Å²) in [5.74, 6) is -1.19. The molecule has 19 heavy (non-hydrogen) atoms. The normalized spacial score (nSPS) is 12.6. The number of hydrogen-bond donors (Lipinski definition) is 3. The lowest BCUT2D eigenvalue weighted by molar-refractivity contribution is 0.0686. The molecule has 0 atom stereocenters. The van der Waals surface area contributed by atoms with Crippen molar-refractivity contribution in [2.24, 2.45) is 12.5 Å². The van der Waals surface area contributed by atoms with Crippen LogP contribution in [0.5, 0.6) is 0 Å². The molecular formula is C11H18N2O5S. The van der Waals surface area contributed by atoms with Gasteiger partial charge in [0.05, 0.1) is 0 Å². The molecule has 1 aromatic rings. The van der Waals surface area contributed by atoms with Crippen LogP contribution in [0.25, 0.3) is 0 Å². The fourth-order valence-corrected chi connectivity index (χ4v) is 2.63. The molecule has 3 N–H and O–H groups in total. The number of nitrogens with one attached hydrogen (secondary N) is 1. The van der Waals surface area contributed by atoms with Gasteiger partial charge in [-0.25, -0.2) is 17.9 Å². The van der Waals surface area contributed by atoms with Gasteiger partial charge in [-0.2, -0.15) is 0 Å². The van der Waals surface area contributed by atoms with Crippen molar-refractivity contribution in [3.8, 4) is 0 Å². The topological polar surface area (TPSA) is 109 Å². The number of aliphatic hydroxyl groups is 1. The predicted octanol–water partition coefficient (Wildman–Crippen LogP) is 0.0201. The molecule has 0 fully saturated rings. The summed E-state index contributed by atoms with van der Waals surface area (Å²) in [7, 11) is -2.33. The van der Waals surface area contributed by atoms with E-state index in [0.717, 1.165) is 6.07 Å². The summed E-state index contributed by atoms with van der Waals surface area (Å²) in [6.45, 7) is 3.32. The molecule has 108 valence electrons. The van der Waals surface area contributed by atoms with Gasteiger partial charge in [-0.05, 0) is 6.07 Å². The number of aliphatic hydroxyl groups excluding tert-OH is 1. The van der Waals surface area contributed by atoms with E-state index in [-0.39, 0.29) is 23.7 Å². The highest BCUT2D eigenvalue weighted by molar-refractivity contribution is 7.89. The van der Waals surface area contributed by atoms with Crippen LogP contribution in [0.2, 0.25) is 0 Å². The van der Waals surface area contributed by atoms with E-state index in [1.165, 1.54) is 17.8 Å². The third-order valence-electron chi connectivity index (χ3n) is 2.68. The fourth-order valence-electron chi connectivity index (χ4n) is 1.32. The number of carboxylic acids is 1. The largest absolute Gasteiger partial charge is 0.477 e. The van der Waals surface area contributed by atoms with Crippen LogP contribution in [-0.4, -0.2) is 42.3 Å². The van der Waals surface area contributed by atoms with Gasteiger partial charge in [-0.3, -0.25) is 0 Å². The quantitative estimate of drug-likeness (QED) is 0.684. The molecule has 0 radical (unpaired) electrons. The average molecular weight is 290 g/mol. The number of rotatable bonds is 6. The Bertz CT molecular complexity index is 574. The molecule has 0 aliphatic heterocycles. The maximum Gasteiger partial charge on any atom is 0.352 e. The van der Waals surface area contributed by atoms with Gasteiger partial charge >= 0.3 is 5.97 Å². The van der Waals surface area contributed by atoms with Crippen molar-refractivity contribution in [3.05, 3.63) is 18.0 Å². The standard InChI is InChI=1S/C11H18N2O5S/c1-11(2,7-14)6-12-19(17,18)8-4-9(10(15)16)13(3)5-8/h4-5,12,14H,6-7H2,1-3H3,(H,15,16). The molecular weight excluding hydrogens is 272 g/mol. The zero-order valence-corrected chi connectivity index (χ0v) is 11.9. The number of carboxylic acid groups (broad SMARTS) is 1. The summed E-state index contributed by atoms with van der Waals surface area (Å²) < 4.78 is 27.5. The highest BCUT2D eigenvalue weighted by Crippen LogP contribution is 2.16. The van der Waals surface area contributed by atoms with Crippen molar-refractivity contribution in [2.75, 3.05) is 13.2 Å². The van der Waals surface area contributed by atoms with Crippen LogP contribution >= 0.6 is 0 Å². The van der Waals surface area contributed by atoms with Gasteiger partial charge in [-0.15, -0.1) is 0 Å². The van der Waals surface area contributed by atoms with E-state index >= 15 is 0 Å². The molecule has 0 saturated carbocycles. The van der Waals surface area contributed by atoms with E-state index in [9.17, 15) is 13.2 Å². The van der Waals surface area contributed by atoms with Crippen molar-refractivity contribution in [1.82, 2.24) is 9.29 Å². The van der Waals surface area contributed by atoms with E-state index in [1.807, 2.05) is 0 Å². The number of hydrogen-bond acceptors (Lipinski definition) is 4. The van der Waals surface area contributed by atoms with Gasteiger partial charge in [0, 0.05) is 31.8 Å². The fraction of sp³-hybridized carbons (Fsp3) is 0.545. The predicted molar refractivity (Wildman–Crippen MR) is 68.4 cm³/mol. The minimum atomic E-state index is -3.78. The lowest BCUT2D eigenvalue weighted by Gasteiger charge is -2.21. The summed E-state index contributed by atoms with van der Waals surface area (Å²) in [6, 6.07) is 1.09. The molecule has 8 heteroatoms. The Hall–Kier alpha value is -1.38. The van der Waals surface area contributed by atoms with Crippen molar-refractivity contribution < 1.29 is 23.4 Å². The zero-order chi connectivity index (χ0) is 14.8. The third kappa shape index (κ3) is 3.79.